The number of esters is 1. The second kappa shape index (κ2) is 4.63. The van der Waals surface area contributed by atoms with Crippen molar-refractivity contribution in [1.82, 2.24) is 0 Å². The quantitative estimate of drug-likeness (QED) is 0.501. The van der Waals surface area contributed by atoms with E-state index in [1.807, 2.05) is 0 Å². The highest BCUT2D eigenvalue weighted by Crippen LogP contribution is 2.35. The van der Waals surface area contributed by atoms with Crippen LogP contribution in [0.15, 0.2) is 12.2 Å². The second-order valence-electron chi connectivity index (χ2n) is 4.45. The van der Waals surface area contributed by atoms with Gasteiger partial charge >= 0.3 is 5.97 Å². The van der Waals surface area contributed by atoms with Gasteiger partial charge < -0.3 is 4.74 Å². The first kappa shape index (κ1) is 11.3. The van der Waals surface area contributed by atoms with Crippen LogP contribution in [0.2, 0.25) is 0 Å². The summed E-state index contributed by atoms with van der Waals surface area (Å²) in [5, 5.41) is 0. The Bertz CT molecular complexity index is 230. The highest BCUT2D eigenvalue weighted by molar-refractivity contribution is 5.66. The van der Waals surface area contributed by atoms with Gasteiger partial charge in [0.1, 0.15) is 6.10 Å². The van der Waals surface area contributed by atoms with Crippen molar-refractivity contribution < 1.29 is 9.53 Å². The molecule has 1 rings (SSSR count). The molecule has 1 aliphatic carbocycles. The van der Waals surface area contributed by atoms with Gasteiger partial charge in [0.2, 0.25) is 0 Å². The van der Waals surface area contributed by atoms with Crippen LogP contribution in [0.25, 0.3) is 0 Å². The Hall–Kier alpha value is -0.790. The lowest BCUT2D eigenvalue weighted by molar-refractivity contribution is -0.145. The summed E-state index contributed by atoms with van der Waals surface area (Å²) in [4.78, 5) is 10.9. The molecule has 80 valence electrons. The molecule has 0 aromatic heterocycles. The number of carbonyl (C=O) groups excluding carboxylic acids is 1. The molecule has 1 aliphatic rings. The fraction of sp³-hybridized carbons (Fsp3) is 0.750. The van der Waals surface area contributed by atoms with E-state index in [2.05, 4.69) is 20.4 Å². The number of hydrogen-bond acceptors (Lipinski definition) is 2. The van der Waals surface area contributed by atoms with Crippen LogP contribution in [0.4, 0.5) is 0 Å². The third-order valence-corrected chi connectivity index (χ3v) is 2.98. The third-order valence-electron chi connectivity index (χ3n) is 2.98. The lowest BCUT2D eigenvalue weighted by atomic mass is 9.77. The zero-order chi connectivity index (χ0) is 10.7. The first-order valence-electron chi connectivity index (χ1n) is 5.38. The number of ether oxygens (including phenoxy) is 1. The maximum atomic E-state index is 10.9. The van der Waals surface area contributed by atoms with Crippen LogP contribution in [-0.2, 0) is 9.53 Å². The van der Waals surface area contributed by atoms with E-state index < -0.39 is 0 Å². The van der Waals surface area contributed by atoms with E-state index in [4.69, 9.17) is 4.74 Å². The molecule has 0 aromatic rings. The van der Waals surface area contributed by atoms with E-state index in [0.717, 1.165) is 18.4 Å². The molecule has 1 fully saturated rings. The zero-order valence-corrected chi connectivity index (χ0v) is 9.38. The highest BCUT2D eigenvalue weighted by Gasteiger charge is 2.29. The fourth-order valence-electron chi connectivity index (χ4n) is 2.23. The van der Waals surface area contributed by atoms with Crippen molar-refractivity contribution in [2.75, 3.05) is 0 Å². The van der Waals surface area contributed by atoms with Crippen molar-refractivity contribution in [2.24, 2.45) is 11.8 Å². The Labute approximate surface area is 86.3 Å². The van der Waals surface area contributed by atoms with Crippen LogP contribution in [0.3, 0.4) is 0 Å². The molecule has 0 radical (unpaired) electrons. The first-order valence-corrected chi connectivity index (χ1v) is 5.38. The standard InChI is InChI=1S/C12H20O2/c1-8(2)11-6-5-7-12(9(11)3)14-10(4)13/h8,11-12H,3,5-7H2,1-2,4H3/t11-,12+/m0/s1. The van der Waals surface area contributed by atoms with E-state index >= 15 is 0 Å². The zero-order valence-electron chi connectivity index (χ0n) is 9.38. The van der Waals surface area contributed by atoms with Crippen LogP contribution in [0.5, 0.6) is 0 Å². The van der Waals surface area contributed by atoms with Gasteiger partial charge in [-0.05, 0) is 36.7 Å². The predicted molar refractivity (Wildman–Crippen MR) is 56.9 cm³/mol. The predicted octanol–water partition coefficient (Wildman–Crippen LogP) is 2.93. The van der Waals surface area contributed by atoms with Crippen molar-refractivity contribution in [1.29, 1.82) is 0 Å². The topological polar surface area (TPSA) is 26.3 Å². The van der Waals surface area contributed by atoms with Gasteiger partial charge in [0, 0.05) is 6.92 Å². The Balaban J connectivity index is 2.61. The van der Waals surface area contributed by atoms with E-state index in [0.29, 0.717) is 11.8 Å². The molecular formula is C12H20O2. The molecule has 1 saturated carbocycles. The summed E-state index contributed by atoms with van der Waals surface area (Å²) in [6.45, 7) is 9.94. The minimum atomic E-state index is -0.194. The van der Waals surface area contributed by atoms with E-state index in [1.165, 1.54) is 13.3 Å². The minimum absolute atomic E-state index is 0.0337. The van der Waals surface area contributed by atoms with Crippen LogP contribution in [0, 0.1) is 11.8 Å². The van der Waals surface area contributed by atoms with Crippen molar-refractivity contribution in [3.05, 3.63) is 12.2 Å². The highest BCUT2D eigenvalue weighted by atomic mass is 16.5. The fourth-order valence-corrected chi connectivity index (χ4v) is 2.23. The maximum absolute atomic E-state index is 10.9. The van der Waals surface area contributed by atoms with Crippen LogP contribution >= 0.6 is 0 Å². The number of rotatable bonds is 2. The minimum Gasteiger partial charge on any atom is -0.458 e. The molecule has 0 spiro atoms. The van der Waals surface area contributed by atoms with Crippen LogP contribution in [0.1, 0.15) is 40.0 Å². The molecule has 2 nitrogen and oxygen atoms in total. The third kappa shape index (κ3) is 2.60. The number of carbonyl (C=O) groups is 1. The van der Waals surface area contributed by atoms with Crippen molar-refractivity contribution in [3.63, 3.8) is 0 Å². The molecule has 14 heavy (non-hydrogen) atoms. The molecule has 0 aliphatic heterocycles. The van der Waals surface area contributed by atoms with E-state index in [-0.39, 0.29) is 12.1 Å². The Morgan fingerprint density at radius 1 is 1.50 bits per heavy atom. The molecule has 0 unspecified atom stereocenters. The Morgan fingerprint density at radius 2 is 2.14 bits per heavy atom. The average molecular weight is 196 g/mol. The largest absolute Gasteiger partial charge is 0.458 e. The molecule has 2 heteroatoms. The Kier molecular flexibility index (Phi) is 3.73. The van der Waals surface area contributed by atoms with E-state index in [1.54, 1.807) is 0 Å². The van der Waals surface area contributed by atoms with Crippen LogP contribution < -0.4 is 0 Å². The van der Waals surface area contributed by atoms with Gasteiger partial charge in [-0.2, -0.15) is 0 Å². The monoisotopic (exact) mass is 196 g/mol. The summed E-state index contributed by atoms with van der Waals surface area (Å²) in [5.41, 5.74) is 1.11. The summed E-state index contributed by atoms with van der Waals surface area (Å²) in [7, 11) is 0. The second-order valence-corrected chi connectivity index (χ2v) is 4.45. The summed E-state index contributed by atoms with van der Waals surface area (Å²) < 4.78 is 5.25. The molecule has 0 amide bonds. The molecule has 0 heterocycles. The number of hydrogen-bond donors (Lipinski definition) is 0. The maximum Gasteiger partial charge on any atom is 0.303 e. The van der Waals surface area contributed by atoms with E-state index in [9.17, 15) is 4.79 Å². The molecule has 2 atom stereocenters. The van der Waals surface area contributed by atoms with Gasteiger partial charge in [-0.3, -0.25) is 4.79 Å². The van der Waals surface area contributed by atoms with Gasteiger partial charge in [0.25, 0.3) is 0 Å². The lowest BCUT2D eigenvalue weighted by Gasteiger charge is -2.33. The molecule has 0 aromatic carbocycles. The summed E-state index contributed by atoms with van der Waals surface area (Å²) in [6, 6.07) is 0. The van der Waals surface area contributed by atoms with Crippen molar-refractivity contribution >= 4 is 5.97 Å². The Morgan fingerprint density at radius 3 is 2.64 bits per heavy atom. The van der Waals surface area contributed by atoms with Gasteiger partial charge in [-0.25, -0.2) is 0 Å². The molecular weight excluding hydrogens is 176 g/mol. The van der Waals surface area contributed by atoms with Gasteiger partial charge in [0.15, 0.2) is 0 Å². The lowest BCUT2D eigenvalue weighted by Crippen LogP contribution is -2.29. The van der Waals surface area contributed by atoms with Crippen molar-refractivity contribution in [2.45, 2.75) is 46.1 Å². The summed E-state index contributed by atoms with van der Waals surface area (Å²) in [6.07, 6.45) is 3.24. The molecule has 0 bridgehead atoms. The average Bonchev–Trinajstić information content (AvgIpc) is 2.07. The van der Waals surface area contributed by atoms with Crippen molar-refractivity contribution in [3.8, 4) is 0 Å². The van der Waals surface area contributed by atoms with Gasteiger partial charge in [-0.1, -0.05) is 20.4 Å². The summed E-state index contributed by atoms with van der Waals surface area (Å²) in [5.74, 6) is 0.925. The SMILES string of the molecule is C=C1[C@H](C(C)C)CCC[C@H]1OC(C)=O. The molecule has 0 saturated heterocycles. The molecule has 0 N–H and O–H groups in total. The van der Waals surface area contributed by atoms with Crippen LogP contribution in [-0.4, -0.2) is 12.1 Å². The first-order chi connectivity index (χ1) is 6.52. The van der Waals surface area contributed by atoms with Gasteiger partial charge in [-0.15, -0.1) is 0 Å². The van der Waals surface area contributed by atoms with Gasteiger partial charge in [0.05, 0.1) is 0 Å². The smallest absolute Gasteiger partial charge is 0.303 e. The normalized spacial score (nSPS) is 27.9. The summed E-state index contributed by atoms with van der Waals surface area (Å²) >= 11 is 0.